The Kier molecular flexibility index (Phi) is 11.2. The lowest BCUT2D eigenvalue weighted by atomic mass is 10.0. The zero-order valence-corrected chi connectivity index (χ0v) is 15.1. The van der Waals surface area contributed by atoms with Crippen molar-refractivity contribution < 1.29 is 14.3 Å². The topological polar surface area (TPSA) is 37.3 Å². The average Bonchev–Trinajstić information content (AvgIpc) is 2.59. The number of rotatable bonds is 14. The monoisotopic (exact) mass is 336 g/mol. The number of aryl methyl sites for hydroxylation is 1. The molecule has 0 fully saturated rings. The van der Waals surface area contributed by atoms with E-state index in [-0.39, 0.29) is 5.56 Å². The molecular weight excluding hydrogens is 303 g/mol. The van der Waals surface area contributed by atoms with E-state index < -0.39 is 12.1 Å². The van der Waals surface area contributed by atoms with Gasteiger partial charge in [0.1, 0.15) is 6.17 Å². The number of aromatic carboxylic acids is 1. The number of unbranched alkanes of at least 4 members (excludes halogenated alkanes) is 8. The molecule has 3 heteroatoms. The summed E-state index contributed by atoms with van der Waals surface area (Å²) in [5, 5.41) is 8.85. The number of benzene rings is 1. The Bertz CT molecular complexity index is 442. The second kappa shape index (κ2) is 13.0. The normalized spacial score (nSPS) is 12.2. The molecule has 1 N–H and O–H groups in total. The highest BCUT2D eigenvalue weighted by Crippen LogP contribution is 2.16. The van der Waals surface area contributed by atoms with E-state index in [2.05, 4.69) is 6.92 Å². The number of halogens is 1. The van der Waals surface area contributed by atoms with Crippen molar-refractivity contribution in [2.24, 2.45) is 0 Å². The van der Waals surface area contributed by atoms with Crippen LogP contribution in [0.1, 0.15) is 93.5 Å². The van der Waals surface area contributed by atoms with Crippen molar-refractivity contribution in [2.45, 2.75) is 90.1 Å². The highest BCUT2D eigenvalue weighted by atomic mass is 19.1. The molecule has 1 aromatic rings. The summed E-state index contributed by atoms with van der Waals surface area (Å²) < 4.78 is 13.9. The van der Waals surface area contributed by atoms with Gasteiger partial charge in [0.05, 0.1) is 5.56 Å². The molecule has 0 saturated carbocycles. The Morgan fingerprint density at radius 3 is 2.00 bits per heavy atom. The van der Waals surface area contributed by atoms with E-state index >= 15 is 0 Å². The third kappa shape index (κ3) is 9.69. The Labute approximate surface area is 146 Å². The highest BCUT2D eigenvalue weighted by Gasteiger charge is 2.07. The summed E-state index contributed by atoms with van der Waals surface area (Å²) in [6.45, 7) is 2.23. The van der Waals surface area contributed by atoms with Crippen molar-refractivity contribution in [3.8, 4) is 0 Å². The predicted molar refractivity (Wildman–Crippen MR) is 98.5 cm³/mol. The van der Waals surface area contributed by atoms with Crippen LogP contribution >= 0.6 is 0 Å². The standard InChI is InChI=1S/C21H33FO2/c1-2-3-4-5-6-7-8-9-10-11-20(22)17-14-18-12-15-19(16-13-18)21(23)24/h12-13,15-16,20H,2-11,14,17H2,1H3,(H,23,24). The summed E-state index contributed by atoms with van der Waals surface area (Å²) >= 11 is 0. The van der Waals surface area contributed by atoms with Crippen LogP contribution in [0, 0.1) is 0 Å². The van der Waals surface area contributed by atoms with Crippen LogP contribution in [-0.2, 0) is 6.42 Å². The van der Waals surface area contributed by atoms with Gasteiger partial charge in [-0.3, -0.25) is 0 Å². The van der Waals surface area contributed by atoms with E-state index in [4.69, 9.17) is 5.11 Å². The van der Waals surface area contributed by atoms with Crippen LogP contribution in [0.3, 0.4) is 0 Å². The first-order valence-corrected chi connectivity index (χ1v) is 9.59. The maximum absolute atomic E-state index is 13.9. The first-order valence-electron chi connectivity index (χ1n) is 9.59. The number of alkyl halides is 1. The molecule has 0 aliphatic rings. The second-order valence-corrected chi connectivity index (χ2v) is 6.76. The SMILES string of the molecule is CCCCCCCCCCCC(F)CCc1ccc(C(=O)O)cc1. The molecule has 0 aliphatic carbocycles. The van der Waals surface area contributed by atoms with E-state index in [0.29, 0.717) is 19.3 Å². The summed E-state index contributed by atoms with van der Waals surface area (Å²) in [5.74, 6) is -0.921. The molecule has 1 aromatic carbocycles. The molecule has 0 heterocycles. The molecule has 1 unspecified atom stereocenters. The first kappa shape index (κ1) is 20.7. The lowest BCUT2D eigenvalue weighted by molar-refractivity contribution is 0.0697. The average molecular weight is 336 g/mol. The van der Waals surface area contributed by atoms with Crippen LogP contribution in [-0.4, -0.2) is 17.2 Å². The van der Waals surface area contributed by atoms with Crippen LogP contribution in [0.25, 0.3) is 0 Å². The fourth-order valence-corrected chi connectivity index (χ4v) is 2.96. The van der Waals surface area contributed by atoms with Gasteiger partial charge in [-0.05, 0) is 37.0 Å². The first-order chi connectivity index (χ1) is 11.6. The number of carboxylic acids is 1. The van der Waals surface area contributed by atoms with E-state index in [1.807, 2.05) is 0 Å². The molecule has 0 radical (unpaired) electrons. The van der Waals surface area contributed by atoms with Gasteiger partial charge >= 0.3 is 5.97 Å². The minimum atomic E-state index is -0.921. The number of hydrogen-bond donors (Lipinski definition) is 1. The number of carbonyl (C=O) groups is 1. The van der Waals surface area contributed by atoms with Gasteiger partial charge in [0.15, 0.2) is 0 Å². The molecule has 0 bridgehead atoms. The van der Waals surface area contributed by atoms with Crippen molar-refractivity contribution in [1.29, 1.82) is 0 Å². The molecule has 0 saturated heterocycles. The molecular formula is C21H33FO2. The predicted octanol–water partition coefficient (Wildman–Crippen LogP) is 6.58. The van der Waals surface area contributed by atoms with Gasteiger partial charge in [0.2, 0.25) is 0 Å². The molecule has 0 amide bonds. The fraction of sp³-hybridized carbons (Fsp3) is 0.667. The molecule has 0 aromatic heterocycles. The van der Waals surface area contributed by atoms with E-state index in [0.717, 1.165) is 18.4 Å². The van der Waals surface area contributed by atoms with Crippen LogP contribution in [0.5, 0.6) is 0 Å². The van der Waals surface area contributed by atoms with E-state index in [1.165, 1.54) is 44.9 Å². The van der Waals surface area contributed by atoms with Crippen molar-refractivity contribution in [1.82, 2.24) is 0 Å². The second-order valence-electron chi connectivity index (χ2n) is 6.76. The van der Waals surface area contributed by atoms with Gasteiger partial charge in [-0.2, -0.15) is 0 Å². The third-order valence-corrected chi connectivity index (χ3v) is 4.57. The van der Waals surface area contributed by atoms with Crippen molar-refractivity contribution >= 4 is 5.97 Å². The van der Waals surface area contributed by atoms with Crippen LogP contribution in [0.2, 0.25) is 0 Å². The van der Waals surface area contributed by atoms with Crippen molar-refractivity contribution in [2.75, 3.05) is 0 Å². The largest absolute Gasteiger partial charge is 0.478 e. The van der Waals surface area contributed by atoms with Gasteiger partial charge in [0, 0.05) is 0 Å². The van der Waals surface area contributed by atoms with Crippen LogP contribution < -0.4 is 0 Å². The zero-order chi connectivity index (χ0) is 17.6. The van der Waals surface area contributed by atoms with Crippen LogP contribution in [0.15, 0.2) is 24.3 Å². The number of hydrogen-bond acceptors (Lipinski definition) is 1. The highest BCUT2D eigenvalue weighted by molar-refractivity contribution is 5.87. The Morgan fingerprint density at radius 1 is 0.917 bits per heavy atom. The summed E-state index contributed by atoms with van der Waals surface area (Å²) in [7, 11) is 0. The molecule has 0 aliphatic heterocycles. The molecule has 1 atom stereocenters. The fourth-order valence-electron chi connectivity index (χ4n) is 2.96. The quantitative estimate of drug-likeness (QED) is 0.390. The summed E-state index contributed by atoms with van der Waals surface area (Å²) in [6, 6.07) is 6.75. The summed E-state index contributed by atoms with van der Waals surface area (Å²) in [6.07, 6.45) is 12.4. The van der Waals surface area contributed by atoms with Gasteiger partial charge < -0.3 is 5.11 Å². The molecule has 136 valence electrons. The van der Waals surface area contributed by atoms with Crippen molar-refractivity contribution in [3.05, 3.63) is 35.4 Å². The summed E-state index contributed by atoms with van der Waals surface area (Å²) in [5.41, 5.74) is 1.29. The van der Waals surface area contributed by atoms with Gasteiger partial charge in [-0.25, -0.2) is 9.18 Å². The van der Waals surface area contributed by atoms with Crippen molar-refractivity contribution in [3.63, 3.8) is 0 Å². The number of carboxylic acid groups (broad SMARTS) is 1. The molecule has 0 spiro atoms. The zero-order valence-electron chi connectivity index (χ0n) is 15.1. The van der Waals surface area contributed by atoms with Gasteiger partial charge in [0.25, 0.3) is 0 Å². The Balaban J connectivity index is 2.01. The maximum atomic E-state index is 13.9. The smallest absolute Gasteiger partial charge is 0.335 e. The molecule has 24 heavy (non-hydrogen) atoms. The minimum absolute atomic E-state index is 0.283. The molecule has 2 nitrogen and oxygen atoms in total. The molecule has 1 rings (SSSR count). The summed E-state index contributed by atoms with van der Waals surface area (Å²) in [4.78, 5) is 10.8. The third-order valence-electron chi connectivity index (χ3n) is 4.57. The Morgan fingerprint density at radius 2 is 1.46 bits per heavy atom. The van der Waals surface area contributed by atoms with Gasteiger partial charge in [-0.1, -0.05) is 76.8 Å². The van der Waals surface area contributed by atoms with Gasteiger partial charge in [-0.15, -0.1) is 0 Å². The van der Waals surface area contributed by atoms with Crippen LogP contribution in [0.4, 0.5) is 4.39 Å². The Hall–Kier alpha value is -1.38. The lowest BCUT2D eigenvalue weighted by Gasteiger charge is -2.08. The maximum Gasteiger partial charge on any atom is 0.335 e. The minimum Gasteiger partial charge on any atom is -0.478 e. The van der Waals surface area contributed by atoms with E-state index in [9.17, 15) is 9.18 Å². The lowest BCUT2D eigenvalue weighted by Crippen LogP contribution is -2.03. The van der Waals surface area contributed by atoms with E-state index in [1.54, 1.807) is 24.3 Å².